The van der Waals surface area contributed by atoms with Crippen molar-refractivity contribution in [2.75, 3.05) is 18.9 Å². The Labute approximate surface area is 139 Å². The van der Waals surface area contributed by atoms with Gasteiger partial charge in [0.05, 0.1) is 0 Å². The number of nitrogens with one attached hydrogen (secondary N) is 1. The quantitative estimate of drug-likeness (QED) is 0.804. The fourth-order valence-electron chi connectivity index (χ4n) is 1.80. The van der Waals surface area contributed by atoms with E-state index in [1.165, 1.54) is 5.56 Å². The lowest BCUT2D eigenvalue weighted by Gasteiger charge is -2.19. The third-order valence-corrected chi connectivity index (χ3v) is 4.32. The highest BCUT2D eigenvalue weighted by Crippen LogP contribution is 2.24. The first-order valence-corrected chi connectivity index (χ1v) is 8.70. The normalized spacial score (nSPS) is 12.1. The van der Waals surface area contributed by atoms with Gasteiger partial charge in [-0.2, -0.15) is 11.8 Å². The van der Waals surface area contributed by atoms with Crippen LogP contribution in [-0.2, 0) is 10.2 Å². The minimum atomic E-state index is -0.0746. The summed E-state index contributed by atoms with van der Waals surface area (Å²) in [5.74, 6) is 1.57. The van der Waals surface area contributed by atoms with Crippen LogP contribution in [0.1, 0.15) is 47.1 Å². The van der Waals surface area contributed by atoms with Crippen molar-refractivity contribution in [2.45, 2.75) is 51.7 Å². The Morgan fingerprint density at radius 3 is 2.18 bits per heavy atom. The number of carbonyl (C=O) groups excluding carboxylic acids is 1. The molecule has 22 heavy (non-hydrogen) atoms. The smallest absolute Gasteiger partial charge is 0.257 e. The minimum Gasteiger partial charge on any atom is -0.484 e. The van der Waals surface area contributed by atoms with Crippen LogP contribution in [0.5, 0.6) is 5.75 Å². The molecule has 0 atom stereocenters. The Bertz CT molecular complexity index is 469. The molecule has 0 unspecified atom stereocenters. The molecule has 1 aromatic carbocycles. The summed E-state index contributed by atoms with van der Waals surface area (Å²) in [7, 11) is 0. The lowest BCUT2D eigenvalue weighted by Crippen LogP contribution is -2.31. The van der Waals surface area contributed by atoms with Crippen molar-refractivity contribution >= 4 is 17.7 Å². The lowest BCUT2D eigenvalue weighted by atomic mass is 9.87. The summed E-state index contributed by atoms with van der Waals surface area (Å²) in [6, 6.07) is 7.94. The number of carbonyl (C=O) groups is 1. The third-order valence-electron chi connectivity index (χ3n) is 3.05. The van der Waals surface area contributed by atoms with E-state index < -0.39 is 0 Å². The molecule has 0 radical (unpaired) electrons. The molecule has 0 heterocycles. The van der Waals surface area contributed by atoms with Crippen molar-refractivity contribution in [1.29, 1.82) is 0 Å². The highest BCUT2D eigenvalue weighted by Gasteiger charge is 2.13. The molecule has 0 aromatic heterocycles. The second kappa shape index (κ2) is 7.91. The number of benzene rings is 1. The van der Waals surface area contributed by atoms with Crippen LogP contribution in [0, 0.1) is 0 Å². The zero-order valence-corrected chi connectivity index (χ0v) is 15.5. The average Bonchev–Trinajstić information content (AvgIpc) is 2.40. The molecule has 0 spiro atoms. The maximum absolute atomic E-state index is 11.7. The molecular weight excluding hydrogens is 294 g/mol. The molecule has 3 nitrogen and oxygen atoms in total. The standard InChI is InChI=1S/C18H29NO2S/c1-17(2,3)14-7-9-15(10-8-14)21-13-16(20)19-11-12-22-18(4,5)6/h7-10H,11-13H2,1-6H3,(H,19,20). The molecule has 0 saturated heterocycles. The number of rotatable bonds is 6. The topological polar surface area (TPSA) is 38.3 Å². The summed E-state index contributed by atoms with van der Waals surface area (Å²) < 4.78 is 5.75. The van der Waals surface area contributed by atoms with Crippen LogP contribution in [0.2, 0.25) is 0 Å². The summed E-state index contributed by atoms with van der Waals surface area (Å²) in [6.45, 7) is 13.8. The Hall–Kier alpha value is -1.16. The van der Waals surface area contributed by atoms with Crippen LogP contribution in [0.3, 0.4) is 0 Å². The molecule has 0 saturated carbocycles. The first kappa shape index (κ1) is 18.9. The lowest BCUT2D eigenvalue weighted by molar-refractivity contribution is -0.122. The fourth-order valence-corrected chi connectivity index (χ4v) is 2.62. The van der Waals surface area contributed by atoms with E-state index in [2.05, 4.69) is 46.9 Å². The zero-order valence-electron chi connectivity index (χ0n) is 14.7. The van der Waals surface area contributed by atoms with Gasteiger partial charge in [-0.15, -0.1) is 0 Å². The molecule has 0 aliphatic rings. The molecule has 0 aliphatic carbocycles. The number of ether oxygens (including phenoxy) is 1. The van der Waals surface area contributed by atoms with Gasteiger partial charge in [0.1, 0.15) is 5.75 Å². The summed E-state index contributed by atoms with van der Waals surface area (Å²) >= 11 is 1.84. The summed E-state index contributed by atoms with van der Waals surface area (Å²) in [5.41, 5.74) is 1.38. The zero-order chi connectivity index (χ0) is 16.8. The molecule has 0 aliphatic heterocycles. The van der Waals surface area contributed by atoms with Gasteiger partial charge in [0, 0.05) is 17.0 Å². The van der Waals surface area contributed by atoms with Gasteiger partial charge < -0.3 is 10.1 Å². The SMILES string of the molecule is CC(C)(C)SCCNC(=O)COc1ccc(C(C)(C)C)cc1. The maximum atomic E-state index is 11.7. The van der Waals surface area contributed by atoms with Crippen molar-refractivity contribution < 1.29 is 9.53 Å². The monoisotopic (exact) mass is 323 g/mol. The molecule has 1 rings (SSSR count). The average molecular weight is 324 g/mol. The van der Waals surface area contributed by atoms with E-state index in [0.717, 1.165) is 11.5 Å². The molecule has 1 N–H and O–H groups in total. The van der Waals surface area contributed by atoms with Gasteiger partial charge in [-0.1, -0.05) is 53.7 Å². The van der Waals surface area contributed by atoms with Crippen LogP contribution < -0.4 is 10.1 Å². The second-order valence-corrected chi connectivity index (χ2v) is 9.30. The predicted octanol–water partition coefficient (Wildman–Crippen LogP) is 4.01. The largest absolute Gasteiger partial charge is 0.484 e. The minimum absolute atomic E-state index is 0.0645. The Morgan fingerprint density at radius 1 is 1.09 bits per heavy atom. The van der Waals surface area contributed by atoms with E-state index in [4.69, 9.17) is 4.74 Å². The van der Waals surface area contributed by atoms with E-state index in [0.29, 0.717) is 6.54 Å². The molecule has 0 fully saturated rings. The van der Waals surface area contributed by atoms with Crippen LogP contribution in [0.15, 0.2) is 24.3 Å². The van der Waals surface area contributed by atoms with Crippen LogP contribution in [0.4, 0.5) is 0 Å². The van der Waals surface area contributed by atoms with Crippen molar-refractivity contribution in [1.82, 2.24) is 5.32 Å². The van der Waals surface area contributed by atoms with E-state index in [1.807, 2.05) is 36.0 Å². The van der Waals surface area contributed by atoms with Crippen molar-refractivity contribution in [3.05, 3.63) is 29.8 Å². The van der Waals surface area contributed by atoms with E-state index >= 15 is 0 Å². The third kappa shape index (κ3) is 7.74. The molecule has 0 bridgehead atoms. The molecule has 4 heteroatoms. The van der Waals surface area contributed by atoms with Crippen molar-refractivity contribution in [2.24, 2.45) is 0 Å². The van der Waals surface area contributed by atoms with Gasteiger partial charge in [0.2, 0.25) is 0 Å². The van der Waals surface area contributed by atoms with Gasteiger partial charge in [-0.05, 0) is 23.1 Å². The Morgan fingerprint density at radius 2 is 1.68 bits per heavy atom. The number of hydrogen-bond donors (Lipinski definition) is 1. The molecule has 1 aromatic rings. The van der Waals surface area contributed by atoms with Gasteiger partial charge in [0.15, 0.2) is 6.61 Å². The number of hydrogen-bond acceptors (Lipinski definition) is 3. The maximum Gasteiger partial charge on any atom is 0.257 e. The molecular formula is C18H29NO2S. The summed E-state index contributed by atoms with van der Waals surface area (Å²) in [5, 5.41) is 2.88. The first-order chi connectivity index (χ1) is 10.1. The van der Waals surface area contributed by atoms with Gasteiger partial charge in [0.25, 0.3) is 5.91 Å². The first-order valence-electron chi connectivity index (χ1n) is 7.72. The van der Waals surface area contributed by atoms with E-state index in [9.17, 15) is 4.79 Å². The Balaban J connectivity index is 2.29. The highest BCUT2D eigenvalue weighted by molar-refractivity contribution is 8.00. The number of amides is 1. The van der Waals surface area contributed by atoms with Gasteiger partial charge >= 0.3 is 0 Å². The molecule has 1 amide bonds. The fraction of sp³-hybridized carbons (Fsp3) is 0.611. The summed E-state index contributed by atoms with van der Waals surface area (Å²) in [6.07, 6.45) is 0. The molecule has 124 valence electrons. The predicted molar refractivity (Wildman–Crippen MR) is 95.9 cm³/mol. The highest BCUT2D eigenvalue weighted by atomic mass is 32.2. The van der Waals surface area contributed by atoms with Gasteiger partial charge in [-0.3, -0.25) is 4.79 Å². The second-order valence-electron chi connectivity index (χ2n) is 7.37. The Kier molecular flexibility index (Phi) is 6.79. The number of thioether (sulfide) groups is 1. The van der Waals surface area contributed by atoms with E-state index in [-0.39, 0.29) is 22.7 Å². The van der Waals surface area contributed by atoms with Crippen LogP contribution in [0.25, 0.3) is 0 Å². The van der Waals surface area contributed by atoms with E-state index in [1.54, 1.807) is 0 Å². The summed E-state index contributed by atoms with van der Waals surface area (Å²) in [4.78, 5) is 11.7. The van der Waals surface area contributed by atoms with Crippen molar-refractivity contribution in [3.63, 3.8) is 0 Å². The van der Waals surface area contributed by atoms with Crippen LogP contribution >= 0.6 is 11.8 Å². The van der Waals surface area contributed by atoms with Crippen LogP contribution in [-0.4, -0.2) is 29.6 Å². The van der Waals surface area contributed by atoms with Gasteiger partial charge in [-0.25, -0.2) is 0 Å². The van der Waals surface area contributed by atoms with Crippen molar-refractivity contribution in [3.8, 4) is 5.75 Å².